The summed E-state index contributed by atoms with van der Waals surface area (Å²) in [7, 11) is 2.02. The third-order valence-electron chi connectivity index (χ3n) is 3.07. The Kier molecular flexibility index (Phi) is 3.80. The van der Waals surface area contributed by atoms with Gasteiger partial charge in [0, 0.05) is 6.54 Å². The quantitative estimate of drug-likeness (QED) is 0.808. The van der Waals surface area contributed by atoms with Crippen molar-refractivity contribution >= 4 is 0 Å². The van der Waals surface area contributed by atoms with Crippen LogP contribution >= 0.6 is 0 Å². The Hall–Kier alpha value is -1.23. The Labute approximate surface area is 104 Å². The summed E-state index contributed by atoms with van der Waals surface area (Å²) in [4.78, 5) is 2.16. The summed E-state index contributed by atoms with van der Waals surface area (Å²) < 4.78 is 42.8. The van der Waals surface area contributed by atoms with Crippen LogP contribution in [0.25, 0.3) is 0 Å². The summed E-state index contributed by atoms with van der Waals surface area (Å²) >= 11 is 0. The fourth-order valence-electron chi connectivity index (χ4n) is 2.13. The number of hydrogen-bond acceptors (Lipinski definition) is 2. The lowest BCUT2D eigenvalue weighted by molar-refractivity contribution is -0.137. The number of alkyl halides is 3. The molecule has 0 radical (unpaired) electrons. The Morgan fingerprint density at radius 1 is 1.22 bits per heavy atom. The van der Waals surface area contributed by atoms with Gasteiger partial charge in [-0.15, -0.1) is 0 Å². The minimum Gasteiger partial charge on any atom is -0.489 e. The molecule has 0 amide bonds. The standard InChI is InChI=1S/C13H16F3NO/c1-17-8-2-3-12(9-17)18-11-6-4-10(5-7-11)13(14,15)16/h4-7,12H,2-3,8-9H2,1H3. The van der Waals surface area contributed by atoms with Crippen molar-refractivity contribution < 1.29 is 17.9 Å². The van der Waals surface area contributed by atoms with E-state index in [1.807, 2.05) is 7.05 Å². The highest BCUT2D eigenvalue weighted by Gasteiger charge is 2.30. The average Bonchev–Trinajstić information content (AvgIpc) is 2.28. The predicted molar refractivity (Wildman–Crippen MR) is 62.6 cm³/mol. The van der Waals surface area contributed by atoms with Crippen molar-refractivity contribution in [1.82, 2.24) is 4.90 Å². The molecule has 1 aromatic carbocycles. The Morgan fingerprint density at radius 2 is 1.89 bits per heavy atom. The van der Waals surface area contributed by atoms with Gasteiger partial charge in [0.05, 0.1) is 5.56 Å². The molecule has 1 heterocycles. The van der Waals surface area contributed by atoms with E-state index < -0.39 is 11.7 Å². The van der Waals surface area contributed by atoms with Gasteiger partial charge >= 0.3 is 6.18 Å². The number of likely N-dealkylation sites (N-methyl/N-ethyl adjacent to an activating group) is 1. The molecule has 0 aliphatic carbocycles. The fourth-order valence-corrected chi connectivity index (χ4v) is 2.13. The normalized spacial score (nSPS) is 21.9. The molecule has 0 bridgehead atoms. The first-order chi connectivity index (χ1) is 8.45. The van der Waals surface area contributed by atoms with E-state index in [1.54, 1.807) is 0 Å². The maximum Gasteiger partial charge on any atom is 0.416 e. The summed E-state index contributed by atoms with van der Waals surface area (Å²) in [5.74, 6) is 0.503. The second-order valence-electron chi connectivity index (χ2n) is 4.67. The van der Waals surface area contributed by atoms with Crippen LogP contribution in [0.5, 0.6) is 5.75 Å². The molecule has 0 saturated carbocycles. The third kappa shape index (κ3) is 3.38. The summed E-state index contributed by atoms with van der Waals surface area (Å²) in [5.41, 5.74) is -0.643. The zero-order valence-corrected chi connectivity index (χ0v) is 10.2. The second-order valence-corrected chi connectivity index (χ2v) is 4.67. The van der Waals surface area contributed by atoms with Crippen LogP contribution in [0.2, 0.25) is 0 Å². The van der Waals surface area contributed by atoms with Crippen molar-refractivity contribution in [3.63, 3.8) is 0 Å². The molecule has 100 valence electrons. The van der Waals surface area contributed by atoms with Crippen LogP contribution in [-0.4, -0.2) is 31.1 Å². The largest absolute Gasteiger partial charge is 0.489 e. The first-order valence-electron chi connectivity index (χ1n) is 5.97. The maximum absolute atomic E-state index is 12.4. The molecule has 1 aliphatic rings. The Morgan fingerprint density at radius 3 is 2.44 bits per heavy atom. The van der Waals surface area contributed by atoms with Gasteiger partial charge in [-0.05, 0) is 50.7 Å². The van der Waals surface area contributed by atoms with E-state index in [0.717, 1.165) is 38.1 Å². The van der Waals surface area contributed by atoms with Gasteiger partial charge in [0.2, 0.25) is 0 Å². The van der Waals surface area contributed by atoms with E-state index in [2.05, 4.69) is 4.90 Å². The van der Waals surface area contributed by atoms with E-state index in [0.29, 0.717) is 5.75 Å². The van der Waals surface area contributed by atoms with E-state index in [1.165, 1.54) is 12.1 Å². The zero-order valence-electron chi connectivity index (χ0n) is 10.2. The number of ether oxygens (including phenoxy) is 1. The highest BCUT2D eigenvalue weighted by atomic mass is 19.4. The number of benzene rings is 1. The minimum atomic E-state index is -4.29. The Bertz CT molecular complexity index is 388. The van der Waals surface area contributed by atoms with Gasteiger partial charge in [0.1, 0.15) is 11.9 Å². The number of halogens is 3. The van der Waals surface area contributed by atoms with Crippen LogP contribution in [0.15, 0.2) is 24.3 Å². The number of likely N-dealkylation sites (tertiary alicyclic amines) is 1. The van der Waals surface area contributed by atoms with Crippen LogP contribution in [-0.2, 0) is 6.18 Å². The average molecular weight is 259 g/mol. The number of piperidine rings is 1. The molecule has 18 heavy (non-hydrogen) atoms. The molecule has 1 saturated heterocycles. The topological polar surface area (TPSA) is 12.5 Å². The fraction of sp³-hybridized carbons (Fsp3) is 0.538. The number of rotatable bonds is 2. The van der Waals surface area contributed by atoms with Crippen molar-refractivity contribution in [2.75, 3.05) is 20.1 Å². The van der Waals surface area contributed by atoms with Crippen LogP contribution in [0.1, 0.15) is 18.4 Å². The van der Waals surface area contributed by atoms with E-state index in [-0.39, 0.29) is 6.10 Å². The van der Waals surface area contributed by atoms with Crippen LogP contribution in [0.3, 0.4) is 0 Å². The molecule has 1 aromatic rings. The lowest BCUT2D eigenvalue weighted by Gasteiger charge is -2.30. The number of hydrogen-bond donors (Lipinski definition) is 0. The molecule has 0 spiro atoms. The van der Waals surface area contributed by atoms with Gasteiger partial charge in [0.25, 0.3) is 0 Å². The summed E-state index contributed by atoms with van der Waals surface area (Å²) in [6, 6.07) is 4.89. The monoisotopic (exact) mass is 259 g/mol. The van der Waals surface area contributed by atoms with Crippen LogP contribution < -0.4 is 4.74 Å². The minimum absolute atomic E-state index is 0.0699. The van der Waals surface area contributed by atoms with Gasteiger partial charge in [-0.3, -0.25) is 0 Å². The first-order valence-corrected chi connectivity index (χ1v) is 5.97. The molecular formula is C13H16F3NO. The lowest BCUT2D eigenvalue weighted by Crippen LogP contribution is -2.38. The molecule has 0 aromatic heterocycles. The Balaban J connectivity index is 1.98. The van der Waals surface area contributed by atoms with Crippen LogP contribution in [0, 0.1) is 0 Å². The van der Waals surface area contributed by atoms with Crippen molar-refractivity contribution in [3.8, 4) is 5.75 Å². The number of nitrogens with zero attached hydrogens (tertiary/aromatic N) is 1. The van der Waals surface area contributed by atoms with Crippen molar-refractivity contribution in [3.05, 3.63) is 29.8 Å². The van der Waals surface area contributed by atoms with E-state index in [9.17, 15) is 13.2 Å². The van der Waals surface area contributed by atoms with Gasteiger partial charge in [-0.25, -0.2) is 0 Å². The smallest absolute Gasteiger partial charge is 0.416 e. The van der Waals surface area contributed by atoms with Crippen molar-refractivity contribution in [2.45, 2.75) is 25.1 Å². The van der Waals surface area contributed by atoms with Gasteiger partial charge < -0.3 is 9.64 Å². The molecule has 2 rings (SSSR count). The maximum atomic E-state index is 12.4. The zero-order chi connectivity index (χ0) is 13.2. The molecule has 1 atom stereocenters. The predicted octanol–water partition coefficient (Wildman–Crippen LogP) is 3.18. The summed E-state index contributed by atoms with van der Waals surface area (Å²) in [6.45, 7) is 1.87. The van der Waals surface area contributed by atoms with Gasteiger partial charge in [0.15, 0.2) is 0 Å². The SMILES string of the molecule is CN1CCCC(Oc2ccc(C(F)(F)F)cc2)C1. The third-order valence-corrected chi connectivity index (χ3v) is 3.07. The molecule has 2 nitrogen and oxygen atoms in total. The first kappa shape index (κ1) is 13.2. The van der Waals surface area contributed by atoms with Crippen molar-refractivity contribution in [1.29, 1.82) is 0 Å². The molecule has 1 fully saturated rings. The second kappa shape index (κ2) is 5.18. The highest BCUT2D eigenvalue weighted by molar-refractivity contribution is 5.29. The summed E-state index contributed by atoms with van der Waals surface area (Å²) in [5, 5.41) is 0. The van der Waals surface area contributed by atoms with E-state index >= 15 is 0 Å². The van der Waals surface area contributed by atoms with E-state index in [4.69, 9.17) is 4.74 Å². The van der Waals surface area contributed by atoms with Gasteiger partial charge in [-0.2, -0.15) is 13.2 Å². The molecule has 5 heteroatoms. The highest BCUT2D eigenvalue weighted by Crippen LogP contribution is 2.30. The van der Waals surface area contributed by atoms with Crippen LogP contribution in [0.4, 0.5) is 13.2 Å². The molecular weight excluding hydrogens is 243 g/mol. The molecule has 1 aliphatic heterocycles. The lowest BCUT2D eigenvalue weighted by atomic mass is 10.1. The van der Waals surface area contributed by atoms with Crippen molar-refractivity contribution in [2.24, 2.45) is 0 Å². The van der Waals surface area contributed by atoms with Gasteiger partial charge in [-0.1, -0.05) is 0 Å². The molecule has 0 N–H and O–H groups in total. The summed E-state index contributed by atoms with van der Waals surface area (Å²) in [6.07, 6.45) is -2.21. The molecule has 1 unspecified atom stereocenters.